The summed E-state index contributed by atoms with van der Waals surface area (Å²) in [5.41, 5.74) is 0.971. The number of rotatable bonds is 7. The van der Waals surface area contributed by atoms with Crippen molar-refractivity contribution in [1.82, 2.24) is 10.6 Å². The van der Waals surface area contributed by atoms with Crippen LogP contribution in [0.3, 0.4) is 0 Å². The van der Waals surface area contributed by atoms with E-state index in [-0.39, 0.29) is 6.04 Å². The fraction of sp³-hybridized carbons (Fsp3) is 0.429. The Hall–Kier alpha value is -1.69. The number of carboxylic acid groups (broad SMARTS) is 1. The molecule has 0 fully saturated rings. The third-order valence-electron chi connectivity index (χ3n) is 2.86. The zero-order chi connectivity index (χ0) is 15.0. The van der Waals surface area contributed by atoms with E-state index in [0.717, 1.165) is 5.56 Å². The molecule has 1 unspecified atom stereocenters. The minimum absolute atomic E-state index is 0.175. The van der Waals surface area contributed by atoms with Gasteiger partial charge in [0, 0.05) is 0 Å². The lowest BCUT2D eigenvalue weighted by Crippen LogP contribution is -2.46. The van der Waals surface area contributed by atoms with Crippen LogP contribution in [0.1, 0.15) is 24.9 Å². The van der Waals surface area contributed by atoms with E-state index in [1.807, 2.05) is 43.5 Å². The van der Waals surface area contributed by atoms with Crippen LogP contribution in [0.25, 0.3) is 0 Å². The quantitative estimate of drug-likeness (QED) is 0.721. The number of aliphatic carboxylic acids is 1. The highest BCUT2D eigenvalue weighted by Gasteiger charge is 2.20. The summed E-state index contributed by atoms with van der Waals surface area (Å²) in [4.78, 5) is 22.9. The van der Waals surface area contributed by atoms with Gasteiger partial charge in [0.1, 0.15) is 6.04 Å². The maximum atomic E-state index is 11.8. The Bertz CT molecular complexity index is 439. The van der Waals surface area contributed by atoms with E-state index in [1.54, 1.807) is 11.8 Å². The molecule has 1 aromatic rings. The Morgan fingerprint density at radius 2 is 1.90 bits per heavy atom. The SMILES string of the molecule is CSCC[C@H](NC(=O)NC(C)c1ccccc1)C(=O)O. The smallest absolute Gasteiger partial charge is 0.326 e. The third kappa shape index (κ3) is 5.52. The Morgan fingerprint density at radius 1 is 1.25 bits per heavy atom. The molecule has 20 heavy (non-hydrogen) atoms. The van der Waals surface area contributed by atoms with Gasteiger partial charge in [-0.15, -0.1) is 0 Å². The highest BCUT2D eigenvalue weighted by molar-refractivity contribution is 7.98. The number of carbonyl (C=O) groups is 2. The van der Waals surface area contributed by atoms with E-state index >= 15 is 0 Å². The molecule has 6 heteroatoms. The number of benzene rings is 1. The van der Waals surface area contributed by atoms with Crippen LogP contribution in [-0.4, -0.2) is 35.2 Å². The van der Waals surface area contributed by atoms with Gasteiger partial charge in [0.05, 0.1) is 6.04 Å². The second-order valence-corrected chi connectivity index (χ2v) is 5.41. The lowest BCUT2D eigenvalue weighted by atomic mass is 10.1. The summed E-state index contributed by atoms with van der Waals surface area (Å²) in [5.74, 6) is -0.326. The summed E-state index contributed by atoms with van der Waals surface area (Å²) in [7, 11) is 0. The predicted octanol–water partition coefficient (Wildman–Crippen LogP) is 2.25. The molecular weight excluding hydrogens is 276 g/mol. The van der Waals surface area contributed by atoms with Gasteiger partial charge in [0.25, 0.3) is 0 Å². The Balaban J connectivity index is 2.51. The van der Waals surface area contributed by atoms with Gasteiger partial charge in [-0.2, -0.15) is 11.8 Å². The number of thioether (sulfide) groups is 1. The average Bonchev–Trinajstić information content (AvgIpc) is 2.44. The van der Waals surface area contributed by atoms with Crippen LogP contribution >= 0.6 is 11.8 Å². The highest BCUT2D eigenvalue weighted by atomic mass is 32.2. The van der Waals surface area contributed by atoms with Gasteiger partial charge in [-0.25, -0.2) is 9.59 Å². The van der Waals surface area contributed by atoms with E-state index in [4.69, 9.17) is 5.11 Å². The van der Waals surface area contributed by atoms with Crippen LogP contribution < -0.4 is 10.6 Å². The molecular formula is C14H20N2O3S. The molecule has 0 saturated carbocycles. The van der Waals surface area contributed by atoms with Gasteiger partial charge in [0.15, 0.2) is 0 Å². The molecule has 0 aliphatic rings. The van der Waals surface area contributed by atoms with E-state index in [2.05, 4.69) is 10.6 Å². The van der Waals surface area contributed by atoms with Gasteiger partial charge < -0.3 is 15.7 Å². The summed E-state index contributed by atoms with van der Waals surface area (Å²) in [6.07, 6.45) is 2.31. The second-order valence-electron chi connectivity index (χ2n) is 4.42. The van der Waals surface area contributed by atoms with Gasteiger partial charge in [-0.1, -0.05) is 30.3 Å². The number of carboxylic acids is 1. The summed E-state index contributed by atoms with van der Waals surface area (Å²) in [6.45, 7) is 1.85. The lowest BCUT2D eigenvalue weighted by molar-refractivity contribution is -0.139. The molecule has 0 spiro atoms. The molecule has 2 atom stereocenters. The first-order chi connectivity index (χ1) is 9.54. The average molecular weight is 296 g/mol. The standard InChI is InChI=1S/C14H20N2O3S/c1-10(11-6-4-3-5-7-11)15-14(19)16-12(13(17)18)8-9-20-2/h3-7,10,12H,8-9H2,1-2H3,(H,17,18)(H2,15,16,19)/t10?,12-/m0/s1. The van der Waals surface area contributed by atoms with E-state index < -0.39 is 18.0 Å². The monoisotopic (exact) mass is 296 g/mol. The van der Waals surface area contributed by atoms with Crippen LogP contribution in [0, 0.1) is 0 Å². The van der Waals surface area contributed by atoms with Gasteiger partial charge >= 0.3 is 12.0 Å². The minimum Gasteiger partial charge on any atom is -0.480 e. The normalized spacial score (nSPS) is 13.3. The molecule has 0 radical (unpaired) electrons. The van der Waals surface area contributed by atoms with Crippen molar-refractivity contribution in [1.29, 1.82) is 0 Å². The molecule has 0 aliphatic carbocycles. The van der Waals surface area contributed by atoms with Crippen LogP contribution in [0.2, 0.25) is 0 Å². The van der Waals surface area contributed by atoms with Crippen LogP contribution in [0.4, 0.5) is 4.79 Å². The van der Waals surface area contributed by atoms with Crippen LogP contribution in [-0.2, 0) is 4.79 Å². The molecule has 5 nitrogen and oxygen atoms in total. The molecule has 2 amide bonds. The zero-order valence-corrected chi connectivity index (χ0v) is 12.4. The Labute approximate surface area is 123 Å². The molecule has 0 aliphatic heterocycles. The number of carbonyl (C=O) groups excluding carboxylic acids is 1. The van der Waals surface area contributed by atoms with Gasteiger partial charge in [0.2, 0.25) is 0 Å². The van der Waals surface area contributed by atoms with Crippen molar-refractivity contribution in [3.8, 4) is 0 Å². The molecule has 1 aromatic carbocycles. The first-order valence-electron chi connectivity index (χ1n) is 6.38. The number of hydrogen-bond donors (Lipinski definition) is 3. The predicted molar refractivity (Wildman–Crippen MR) is 80.9 cm³/mol. The molecule has 0 saturated heterocycles. The second kappa shape index (κ2) is 8.47. The zero-order valence-electron chi connectivity index (χ0n) is 11.6. The molecule has 110 valence electrons. The van der Waals surface area contributed by atoms with Crippen molar-refractivity contribution < 1.29 is 14.7 Å². The van der Waals surface area contributed by atoms with Crippen molar-refractivity contribution in [2.75, 3.05) is 12.0 Å². The minimum atomic E-state index is -1.01. The van der Waals surface area contributed by atoms with Crippen LogP contribution in [0.5, 0.6) is 0 Å². The van der Waals surface area contributed by atoms with Crippen molar-refractivity contribution in [2.24, 2.45) is 0 Å². The van der Waals surface area contributed by atoms with Crippen molar-refractivity contribution in [3.63, 3.8) is 0 Å². The number of hydrogen-bond acceptors (Lipinski definition) is 3. The summed E-state index contributed by atoms with van der Waals surface area (Å²) in [6, 6.07) is 8.01. The van der Waals surface area contributed by atoms with Crippen molar-refractivity contribution >= 4 is 23.8 Å². The summed E-state index contributed by atoms with van der Waals surface area (Å²) < 4.78 is 0. The third-order valence-corrected chi connectivity index (χ3v) is 3.51. The Morgan fingerprint density at radius 3 is 2.45 bits per heavy atom. The maximum Gasteiger partial charge on any atom is 0.326 e. The fourth-order valence-corrected chi connectivity index (χ4v) is 2.19. The largest absolute Gasteiger partial charge is 0.480 e. The number of nitrogens with one attached hydrogen (secondary N) is 2. The fourth-order valence-electron chi connectivity index (χ4n) is 1.71. The number of urea groups is 1. The Kier molecular flexibility index (Phi) is 6.93. The van der Waals surface area contributed by atoms with E-state index in [9.17, 15) is 9.59 Å². The summed E-state index contributed by atoms with van der Waals surface area (Å²) >= 11 is 1.55. The van der Waals surface area contributed by atoms with Crippen LogP contribution in [0.15, 0.2) is 30.3 Å². The topological polar surface area (TPSA) is 78.4 Å². The molecule has 3 N–H and O–H groups in total. The van der Waals surface area contributed by atoms with E-state index in [0.29, 0.717) is 12.2 Å². The van der Waals surface area contributed by atoms with Gasteiger partial charge in [-0.05, 0) is 30.9 Å². The van der Waals surface area contributed by atoms with Crippen molar-refractivity contribution in [3.05, 3.63) is 35.9 Å². The van der Waals surface area contributed by atoms with E-state index in [1.165, 1.54) is 0 Å². The number of amides is 2. The molecule has 0 heterocycles. The molecule has 0 bridgehead atoms. The summed E-state index contributed by atoms with van der Waals surface area (Å²) in [5, 5.41) is 14.3. The van der Waals surface area contributed by atoms with Gasteiger partial charge in [-0.3, -0.25) is 0 Å². The maximum absolute atomic E-state index is 11.8. The lowest BCUT2D eigenvalue weighted by Gasteiger charge is -2.18. The first kappa shape index (κ1) is 16.4. The molecule has 1 rings (SSSR count). The first-order valence-corrected chi connectivity index (χ1v) is 7.77. The molecule has 0 aromatic heterocycles. The highest BCUT2D eigenvalue weighted by Crippen LogP contribution is 2.10. The van der Waals surface area contributed by atoms with Crippen molar-refractivity contribution in [2.45, 2.75) is 25.4 Å².